The highest BCUT2D eigenvalue weighted by atomic mass is 32.2. The van der Waals surface area contributed by atoms with Crippen LogP contribution in [0.2, 0.25) is 0 Å². The second-order valence-electron chi connectivity index (χ2n) is 5.27. The van der Waals surface area contributed by atoms with Crippen LogP contribution in [-0.2, 0) is 5.75 Å². The van der Waals surface area contributed by atoms with Crippen molar-refractivity contribution >= 4 is 17.7 Å². The zero-order valence-electron chi connectivity index (χ0n) is 13.4. The maximum absolute atomic E-state index is 11.7. The molecule has 4 nitrogen and oxygen atoms in total. The third-order valence-corrected chi connectivity index (χ3v) is 4.62. The number of rotatable bonds is 6. The first-order chi connectivity index (χ1) is 12.3. The van der Waals surface area contributed by atoms with Gasteiger partial charge in [0, 0.05) is 16.2 Å². The Hall–Kier alpha value is -2.76. The zero-order valence-corrected chi connectivity index (χ0v) is 14.2. The summed E-state index contributed by atoms with van der Waals surface area (Å²) in [4.78, 5) is 12.7. The summed E-state index contributed by atoms with van der Waals surface area (Å²) in [6, 6.07) is 24.6. The fourth-order valence-corrected chi connectivity index (χ4v) is 3.22. The van der Waals surface area contributed by atoms with Crippen LogP contribution >= 0.6 is 11.8 Å². The topological polar surface area (TPSA) is 58.6 Å². The van der Waals surface area contributed by atoms with Crippen molar-refractivity contribution in [2.45, 2.75) is 10.6 Å². The lowest BCUT2D eigenvalue weighted by atomic mass is 10.1. The van der Waals surface area contributed by atoms with Crippen molar-refractivity contribution in [3.63, 3.8) is 0 Å². The molecule has 0 fully saturated rings. The zero-order chi connectivity index (χ0) is 17.5. The van der Waals surface area contributed by atoms with E-state index >= 15 is 0 Å². The Balaban J connectivity index is 1.64. The van der Waals surface area contributed by atoms with Crippen molar-refractivity contribution in [3.8, 4) is 11.5 Å². The van der Waals surface area contributed by atoms with Gasteiger partial charge >= 0.3 is 0 Å². The first-order valence-corrected chi connectivity index (χ1v) is 8.73. The summed E-state index contributed by atoms with van der Waals surface area (Å²) in [6.07, 6.45) is 0. The van der Waals surface area contributed by atoms with Gasteiger partial charge in [0.15, 0.2) is 0 Å². The first-order valence-electron chi connectivity index (χ1n) is 7.74. The Labute approximate surface area is 150 Å². The molecule has 126 valence electrons. The van der Waals surface area contributed by atoms with Crippen LogP contribution in [0, 0.1) is 0 Å². The molecule has 0 aliphatic rings. The van der Waals surface area contributed by atoms with Crippen LogP contribution in [0.25, 0.3) is 0 Å². The molecule has 3 aromatic carbocycles. The average Bonchev–Trinajstić information content (AvgIpc) is 2.68. The van der Waals surface area contributed by atoms with Gasteiger partial charge in [0.1, 0.15) is 11.5 Å². The number of carbonyl (C=O) groups is 1. The van der Waals surface area contributed by atoms with Gasteiger partial charge in [-0.3, -0.25) is 10.0 Å². The van der Waals surface area contributed by atoms with E-state index in [1.54, 1.807) is 29.4 Å². The quantitative estimate of drug-likeness (QED) is 0.377. The van der Waals surface area contributed by atoms with Gasteiger partial charge in [-0.05, 0) is 48.0 Å². The van der Waals surface area contributed by atoms with Gasteiger partial charge in [0.2, 0.25) is 0 Å². The number of para-hydroxylation sites is 1. The fraction of sp³-hybridized carbons (Fsp3) is 0.0500. The molecule has 5 heteroatoms. The highest BCUT2D eigenvalue weighted by Gasteiger charge is 2.10. The number of hydroxylamine groups is 1. The number of thioether (sulfide) groups is 1. The average molecular weight is 351 g/mol. The maximum Gasteiger partial charge on any atom is 0.274 e. The predicted octanol–water partition coefficient (Wildman–Crippen LogP) is 4.89. The molecule has 1 amide bonds. The molecule has 0 aliphatic carbocycles. The van der Waals surface area contributed by atoms with E-state index < -0.39 is 5.91 Å². The number of benzene rings is 3. The Morgan fingerprint density at radius 3 is 2.24 bits per heavy atom. The lowest BCUT2D eigenvalue weighted by molar-refractivity contribution is 0.0705. The molecule has 0 aromatic heterocycles. The molecule has 0 aliphatic heterocycles. The first kappa shape index (κ1) is 17.1. The smallest absolute Gasteiger partial charge is 0.274 e. The second-order valence-corrected chi connectivity index (χ2v) is 6.32. The van der Waals surface area contributed by atoms with Gasteiger partial charge in [-0.1, -0.05) is 36.4 Å². The fourth-order valence-electron chi connectivity index (χ4n) is 2.32. The Morgan fingerprint density at radius 2 is 1.52 bits per heavy atom. The van der Waals surface area contributed by atoms with Gasteiger partial charge in [-0.2, -0.15) is 0 Å². The van der Waals surface area contributed by atoms with E-state index in [0.29, 0.717) is 11.3 Å². The van der Waals surface area contributed by atoms with E-state index in [4.69, 9.17) is 9.94 Å². The van der Waals surface area contributed by atoms with E-state index in [0.717, 1.165) is 22.0 Å². The minimum atomic E-state index is -0.497. The minimum absolute atomic E-state index is 0.474. The molecule has 0 saturated heterocycles. The highest BCUT2D eigenvalue weighted by molar-refractivity contribution is 7.98. The van der Waals surface area contributed by atoms with Crippen LogP contribution in [0.3, 0.4) is 0 Å². The molecule has 3 rings (SSSR count). The standard InChI is InChI=1S/C20H17NO3S/c22-20(21-23)19-9-5-4-6-15(19)14-25-18-12-10-17(11-13-18)24-16-7-2-1-3-8-16/h1-13,23H,14H2,(H,21,22). The van der Waals surface area contributed by atoms with E-state index in [2.05, 4.69) is 0 Å². The molecule has 3 aromatic rings. The number of nitrogens with one attached hydrogen (secondary N) is 1. The summed E-state index contributed by atoms with van der Waals surface area (Å²) >= 11 is 1.61. The minimum Gasteiger partial charge on any atom is -0.457 e. The summed E-state index contributed by atoms with van der Waals surface area (Å²) < 4.78 is 5.77. The third-order valence-electron chi connectivity index (χ3n) is 3.56. The molecule has 0 unspecified atom stereocenters. The summed E-state index contributed by atoms with van der Waals surface area (Å²) in [6.45, 7) is 0. The van der Waals surface area contributed by atoms with Gasteiger partial charge < -0.3 is 4.74 Å². The van der Waals surface area contributed by atoms with Crippen LogP contribution in [0.4, 0.5) is 0 Å². The number of amides is 1. The molecule has 0 saturated carbocycles. The number of ether oxygens (including phenoxy) is 1. The molecular formula is C20H17NO3S. The number of hydrogen-bond acceptors (Lipinski definition) is 4. The summed E-state index contributed by atoms with van der Waals surface area (Å²) in [7, 11) is 0. The van der Waals surface area contributed by atoms with Gasteiger partial charge in [0.25, 0.3) is 5.91 Å². The van der Waals surface area contributed by atoms with Crippen molar-refractivity contribution in [1.82, 2.24) is 5.48 Å². The molecule has 25 heavy (non-hydrogen) atoms. The van der Waals surface area contributed by atoms with Crippen LogP contribution in [-0.4, -0.2) is 11.1 Å². The molecule has 0 bridgehead atoms. The molecule has 0 spiro atoms. The highest BCUT2D eigenvalue weighted by Crippen LogP contribution is 2.28. The van der Waals surface area contributed by atoms with E-state index in [1.807, 2.05) is 66.7 Å². The monoisotopic (exact) mass is 351 g/mol. The predicted molar refractivity (Wildman–Crippen MR) is 98.2 cm³/mol. The summed E-state index contributed by atoms with van der Waals surface area (Å²) in [5, 5.41) is 8.83. The second kappa shape index (κ2) is 8.37. The third kappa shape index (κ3) is 4.62. The van der Waals surface area contributed by atoms with Crippen molar-refractivity contribution in [1.29, 1.82) is 0 Å². The van der Waals surface area contributed by atoms with Crippen molar-refractivity contribution < 1.29 is 14.7 Å². The molecular weight excluding hydrogens is 334 g/mol. The molecule has 2 N–H and O–H groups in total. The molecule has 0 radical (unpaired) electrons. The molecule has 0 atom stereocenters. The summed E-state index contributed by atoms with van der Waals surface area (Å²) in [5.74, 6) is 1.70. The molecule has 0 heterocycles. The Morgan fingerprint density at radius 1 is 0.880 bits per heavy atom. The maximum atomic E-state index is 11.7. The Kier molecular flexibility index (Phi) is 5.72. The van der Waals surface area contributed by atoms with Crippen LogP contribution < -0.4 is 10.2 Å². The SMILES string of the molecule is O=C(NO)c1ccccc1CSc1ccc(Oc2ccccc2)cc1. The van der Waals surface area contributed by atoms with Crippen LogP contribution in [0.15, 0.2) is 83.8 Å². The van der Waals surface area contributed by atoms with Crippen molar-refractivity contribution in [2.24, 2.45) is 0 Å². The van der Waals surface area contributed by atoms with Gasteiger partial charge in [0.05, 0.1) is 0 Å². The van der Waals surface area contributed by atoms with Gasteiger partial charge in [-0.25, -0.2) is 5.48 Å². The van der Waals surface area contributed by atoms with E-state index in [9.17, 15) is 4.79 Å². The van der Waals surface area contributed by atoms with E-state index in [-0.39, 0.29) is 0 Å². The van der Waals surface area contributed by atoms with Crippen LogP contribution in [0.5, 0.6) is 11.5 Å². The van der Waals surface area contributed by atoms with Crippen molar-refractivity contribution in [3.05, 3.63) is 90.0 Å². The normalized spacial score (nSPS) is 10.3. The summed E-state index contributed by atoms with van der Waals surface area (Å²) in [5.41, 5.74) is 3.02. The van der Waals surface area contributed by atoms with Gasteiger partial charge in [-0.15, -0.1) is 11.8 Å². The van der Waals surface area contributed by atoms with E-state index in [1.165, 1.54) is 0 Å². The van der Waals surface area contributed by atoms with Crippen molar-refractivity contribution in [2.75, 3.05) is 0 Å². The lowest BCUT2D eigenvalue weighted by Crippen LogP contribution is -2.20. The number of hydrogen-bond donors (Lipinski definition) is 2. The number of carbonyl (C=O) groups excluding carboxylic acids is 1. The van der Waals surface area contributed by atoms with Crippen LogP contribution in [0.1, 0.15) is 15.9 Å². The lowest BCUT2D eigenvalue weighted by Gasteiger charge is -2.09. The largest absolute Gasteiger partial charge is 0.457 e. The Bertz CT molecular complexity index is 835.